The highest BCUT2D eigenvalue weighted by Gasteiger charge is 2.46. The molecule has 0 unspecified atom stereocenters. The van der Waals surface area contributed by atoms with E-state index >= 15 is 0 Å². The van der Waals surface area contributed by atoms with Crippen LogP contribution < -0.4 is 11.1 Å². The van der Waals surface area contributed by atoms with E-state index in [0.29, 0.717) is 17.8 Å². The molecule has 0 saturated heterocycles. The monoisotopic (exact) mass is 327 g/mol. The molecule has 1 atom stereocenters. The fraction of sp³-hybridized carbons (Fsp3) is 0.474. The number of aryl methyl sites for hydroxylation is 1. The highest BCUT2D eigenvalue weighted by atomic mass is 16.3. The van der Waals surface area contributed by atoms with Crippen molar-refractivity contribution in [1.82, 2.24) is 4.98 Å². The molecule has 0 bridgehead atoms. The van der Waals surface area contributed by atoms with Crippen molar-refractivity contribution >= 4 is 11.6 Å². The molecule has 24 heavy (non-hydrogen) atoms. The van der Waals surface area contributed by atoms with Gasteiger partial charge in [0.05, 0.1) is 11.7 Å². The standard InChI is InChI=1S/C19H23N3O2.H2/c1-11-18(24-10-21-11)14-6-8-15(9-7-14)22-19(23)17(20)16(12-2-3-12)13-4-5-13;/h6-10,12-13,16-17H,2-5,20H2,1H3,(H,22,23);1H/t17-;/m0./s1. The Labute approximate surface area is 143 Å². The first-order chi connectivity index (χ1) is 11.6. The summed E-state index contributed by atoms with van der Waals surface area (Å²) in [7, 11) is 0. The second-order valence-electron chi connectivity index (χ2n) is 7.11. The number of amides is 1. The lowest BCUT2D eigenvalue weighted by Gasteiger charge is -2.22. The number of anilines is 1. The number of hydrogen-bond donors (Lipinski definition) is 2. The Hall–Kier alpha value is -2.14. The van der Waals surface area contributed by atoms with Gasteiger partial charge in [-0.1, -0.05) is 0 Å². The van der Waals surface area contributed by atoms with Crippen molar-refractivity contribution in [2.45, 2.75) is 38.6 Å². The molecule has 0 spiro atoms. The van der Waals surface area contributed by atoms with Crippen LogP contribution in [0.1, 0.15) is 32.8 Å². The summed E-state index contributed by atoms with van der Waals surface area (Å²) in [6.07, 6.45) is 6.36. The zero-order valence-corrected chi connectivity index (χ0v) is 13.9. The summed E-state index contributed by atoms with van der Waals surface area (Å²) in [6.45, 7) is 1.91. The highest BCUT2D eigenvalue weighted by molar-refractivity contribution is 5.95. The Morgan fingerprint density at radius 2 is 1.88 bits per heavy atom. The van der Waals surface area contributed by atoms with Gasteiger partial charge < -0.3 is 15.5 Å². The maximum Gasteiger partial charge on any atom is 0.241 e. The Morgan fingerprint density at radius 1 is 1.25 bits per heavy atom. The smallest absolute Gasteiger partial charge is 0.241 e. The van der Waals surface area contributed by atoms with E-state index in [0.717, 1.165) is 22.7 Å². The number of aromatic nitrogens is 1. The molecule has 128 valence electrons. The second-order valence-corrected chi connectivity index (χ2v) is 7.11. The first-order valence-electron chi connectivity index (χ1n) is 8.70. The number of nitrogens with two attached hydrogens (primary N) is 1. The van der Waals surface area contributed by atoms with Crippen LogP contribution in [0, 0.1) is 24.7 Å². The van der Waals surface area contributed by atoms with Gasteiger partial charge in [-0.15, -0.1) is 0 Å². The highest BCUT2D eigenvalue weighted by Crippen LogP contribution is 2.50. The maximum absolute atomic E-state index is 12.5. The van der Waals surface area contributed by atoms with Gasteiger partial charge in [-0.2, -0.15) is 0 Å². The summed E-state index contributed by atoms with van der Waals surface area (Å²) in [4.78, 5) is 16.6. The van der Waals surface area contributed by atoms with Gasteiger partial charge in [-0.05, 0) is 74.6 Å². The van der Waals surface area contributed by atoms with E-state index in [2.05, 4.69) is 10.3 Å². The number of nitrogens with zero attached hydrogens (tertiary/aromatic N) is 1. The number of nitrogens with one attached hydrogen (secondary N) is 1. The summed E-state index contributed by atoms with van der Waals surface area (Å²) >= 11 is 0. The number of carbonyl (C=O) groups excluding carboxylic acids is 1. The minimum absolute atomic E-state index is 0. The van der Waals surface area contributed by atoms with E-state index in [1.165, 1.54) is 32.1 Å². The molecule has 1 aromatic heterocycles. The van der Waals surface area contributed by atoms with Gasteiger partial charge in [0.15, 0.2) is 12.2 Å². The van der Waals surface area contributed by atoms with Crippen LogP contribution in [0.2, 0.25) is 0 Å². The molecule has 2 aromatic rings. The van der Waals surface area contributed by atoms with Crippen LogP contribution in [-0.2, 0) is 4.79 Å². The molecule has 2 fully saturated rings. The summed E-state index contributed by atoms with van der Waals surface area (Å²) in [5.41, 5.74) is 8.85. The predicted octanol–water partition coefficient (Wildman–Crippen LogP) is 3.60. The number of carbonyl (C=O) groups is 1. The molecule has 1 aromatic carbocycles. The first kappa shape index (κ1) is 15.4. The van der Waals surface area contributed by atoms with Crippen molar-refractivity contribution in [1.29, 1.82) is 0 Å². The van der Waals surface area contributed by atoms with Crippen LogP contribution in [0.4, 0.5) is 5.69 Å². The van der Waals surface area contributed by atoms with E-state index in [1.54, 1.807) is 0 Å². The second kappa shape index (κ2) is 6.06. The number of rotatable bonds is 6. The van der Waals surface area contributed by atoms with E-state index in [-0.39, 0.29) is 7.33 Å². The van der Waals surface area contributed by atoms with Crippen molar-refractivity contribution in [3.8, 4) is 11.3 Å². The molecule has 1 amide bonds. The van der Waals surface area contributed by atoms with Crippen LogP contribution in [0.5, 0.6) is 0 Å². The molecule has 0 aliphatic heterocycles. The summed E-state index contributed by atoms with van der Waals surface area (Å²) in [5.74, 6) is 2.38. The minimum Gasteiger partial charge on any atom is -0.443 e. The fourth-order valence-corrected chi connectivity index (χ4v) is 3.62. The molecule has 2 aliphatic rings. The summed E-state index contributed by atoms with van der Waals surface area (Å²) in [5, 5.41) is 2.96. The average Bonchev–Trinajstić information content (AvgIpc) is 3.50. The van der Waals surface area contributed by atoms with Crippen LogP contribution in [0.3, 0.4) is 0 Å². The van der Waals surface area contributed by atoms with E-state index < -0.39 is 6.04 Å². The number of benzene rings is 1. The average molecular weight is 327 g/mol. The lowest BCUT2D eigenvalue weighted by Crippen LogP contribution is -2.43. The van der Waals surface area contributed by atoms with Gasteiger partial charge in [0, 0.05) is 12.7 Å². The number of oxazole rings is 1. The van der Waals surface area contributed by atoms with Crippen molar-refractivity contribution < 1.29 is 10.6 Å². The third-order valence-corrected chi connectivity index (χ3v) is 5.21. The van der Waals surface area contributed by atoms with Crippen molar-refractivity contribution in [2.75, 3.05) is 5.32 Å². The lowest BCUT2D eigenvalue weighted by atomic mass is 9.89. The third kappa shape index (κ3) is 3.08. The van der Waals surface area contributed by atoms with Crippen molar-refractivity contribution in [3.63, 3.8) is 0 Å². The van der Waals surface area contributed by atoms with Crippen LogP contribution in [-0.4, -0.2) is 16.9 Å². The molecule has 1 heterocycles. The van der Waals surface area contributed by atoms with Crippen LogP contribution >= 0.6 is 0 Å². The molecule has 5 nitrogen and oxygen atoms in total. The van der Waals surface area contributed by atoms with Gasteiger partial charge >= 0.3 is 0 Å². The zero-order valence-electron chi connectivity index (χ0n) is 13.9. The Kier molecular flexibility index (Phi) is 3.88. The lowest BCUT2D eigenvalue weighted by molar-refractivity contribution is -0.118. The third-order valence-electron chi connectivity index (χ3n) is 5.21. The van der Waals surface area contributed by atoms with Gasteiger partial charge in [0.1, 0.15) is 0 Å². The topological polar surface area (TPSA) is 81.2 Å². The quantitative estimate of drug-likeness (QED) is 0.849. The maximum atomic E-state index is 12.5. The largest absolute Gasteiger partial charge is 0.443 e. The van der Waals surface area contributed by atoms with Gasteiger partial charge in [-0.3, -0.25) is 4.79 Å². The van der Waals surface area contributed by atoms with E-state index in [1.807, 2.05) is 31.2 Å². The van der Waals surface area contributed by atoms with E-state index in [4.69, 9.17) is 10.2 Å². The Balaban J connectivity index is 0.00000182. The molecule has 2 saturated carbocycles. The predicted molar refractivity (Wildman–Crippen MR) is 94.3 cm³/mol. The molecule has 5 heteroatoms. The molecular formula is C19H25N3O2. The molecule has 0 radical (unpaired) electrons. The van der Waals surface area contributed by atoms with Crippen molar-refractivity contribution in [2.24, 2.45) is 23.5 Å². The molecule has 4 rings (SSSR count). The normalized spacial score (nSPS) is 18.6. The fourth-order valence-electron chi connectivity index (χ4n) is 3.62. The summed E-state index contributed by atoms with van der Waals surface area (Å²) in [6, 6.07) is 7.21. The minimum atomic E-state index is -0.402. The van der Waals surface area contributed by atoms with E-state index in [9.17, 15) is 4.79 Å². The first-order valence-corrected chi connectivity index (χ1v) is 8.70. The Morgan fingerprint density at radius 3 is 2.38 bits per heavy atom. The van der Waals surface area contributed by atoms with Gasteiger partial charge in [0.25, 0.3) is 0 Å². The zero-order chi connectivity index (χ0) is 16.7. The van der Waals surface area contributed by atoms with Gasteiger partial charge in [-0.25, -0.2) is 4.98 Å². The molecule has 2 aliphatic carbocycles. The van der Waals surface area contributed by atoms with Crippen molar-refractivity contribution in [3.05, 3.63) is 36.4 Å². The number of hydrogen-bond acceptors (Lipinski definition) is 4. The van der Waals surface area contributed by atoms with Crippen LogP contribution in [0.15, 0.2) is 35.1 Å². The molecular weight excluding hydrogens is 302 g/mol. The summed E-state index contributed by atoms with van der Waals surface area (Å²) < 4.78 is 5.39. The molecule has 3 N–H and O–H groups in total. The van der Waals surface area contributed by atoms with Crippen LogP contribution in [0.25, 0.3) is 11.3 Å². The SMILES string of the molecule is Cc1ncoc1-c1ccc(NC(=O)[C@@H](N)C(C2CC2)C2CC2)cc1.[HH]. The Bertz CT molecular complexity index is 723. The van der Waals surface area contributed by atoms with Gasteiger partial charge in [0.2, 0.25) is 5.91 Å².